The topological polar surface area (TPSA) is 65.1 Å². The molecular formula is C59H75ClF3NO5Si2. The van der Waals surface area contributed by atoms with Crippen LogP contribution >= 0.6 is 11.6 Å². The van der Waals surface area contributed by atoms with Crippen molar-refractivity contribution in [1.29, 1.82) is 0 Å². The number of halogens is 4. The molecule has 1 aliphatic carbocycles. The highest BCUT2D eigenvalue weighted by molar-refractivity contribution is 7.00. The molecule has 1 aliphatic heterocycles. The SMILES string of the molecule is CCOC(=O)/C(C)=C/C[C@H]1CCC[C@]2(CCC[C@@H]2[C@@H](C)/C=C/[C@H](/C=C(\Cl)CCO[Si](c2ccccc2)(c2ccccc2)C(C)(C)C)O[Si](c2ccccc2)(c2ccccc2)C(C)(C)C)N1C(=O)C(F)(F)F. The van der Waals surface area contributed by atoms with E-state index in [9.17, 15) is 22.8 Å². The van der Waals surface area contributed by atoms with E-state index in [2.05, 4.69) is 127 Å². The van der Waals surface area contributed by atoms with E-state index in [1.54, 1.807) is 19.9 Å². The van der Waals surface area contributed by atoms with Gasteiger partial charge in [-0.3, -0.25) is 4.79 Å². The number of ether oxygens (including phenoxy) is 1. The van der Waals surface area contributed by atoms with Gasteiger partial charge in [0.25, 0.3) is 16.6 Å². The predicted molar refractivity (Wildman–Crippen MR) is 289 cm³/mol. The molecule has 0 aromatic heterocycles. The number of hydrogen-bond donors (Lipinski definition) is 0. The van der Waals surface area contributed by atoms with E-state index in [0.717, 1.165) is 10.4 Å². The lowest BCUT2D eigenvalue weighted by atomic mass is 9.70. The zero-order chi connectivity index (χ0) is 51.7. The fraction of sp³-hybridized carbons (Fsp3) is 0.458. The maximum atomic E-state index is 14.8. The Kier molecular flexibility index (Phi) is 18.5. The minimum atomic E-state index is -5.06. The number of carbonyl (C=O) groups excluding carboxylic acids is 2. The molecule has 4 aromatic rings. The second-order valence-electron chi connectivity index (χ2n) is 21.5. The number of alkyl halides is 3. The van der Waals surface area contributed by atoms with Crippen LogP contribution in [0.1, 0.15) is 114 Å². The number of rotatable bonds is 18. The zero-order valence-corrected chi connectivity index (χ0v) is 46.0. The van der Waals surface area contributed by atoms with Crippen LogP contribution in [-0.4, -0.2) is 70.5 Å². The van der Waals surface area contributed by atoms with Crippen LogP contribution in [0.4, 0.5) is 13.2 Å². The zero-order valence-electron chi connectivity index (χ0n) is 43.2. The number of piperidine rings is 1. The van der Waals surface area contributed by atoms with Crippen LogP contribution < -0.4 is 20.7 Å². The summed E-state index contributed by atoms with van der Waals surface area (Å²) in [6.45, 7) is 19.3. The van der Waals surface area contributed by atoms with Gasteiger partial charge in [0, 0.05) is 35.2 Å². The molecule has 1 saturated heterocycles. The molecule has 0 unspecified atom stereocenters. The van der Waals surface area contributed by atoms with Gasteiger partial charge >= 0.3 is 18.1 Å². The first-order valence-corrected chi connectivity index (χ1v) is 29.6. The summed E-state index contributed by atoms with van der Waals surface area (Å²) >= 11 is 7.42. The first-order valence-electron chi connectivity index (χ1n) is 25.4. The number of allylic oxidation sites excluding steroid dienone is 1. The molecule has 1 spiro atoms. The summed E-state index contributed by atoms with van der Waals surface area (Å²) < 4.78 is 64.5. The van der Waals surface area contributed by atoms with Gasteiger partial charge in [-0.25, -0.2) is 4.79 Å². The van der Waals surface area contributed by atoms with Crippen molar-refractivity contribution < 1.29 is 36.3 Å². The number of hydrogen-bond acceptors (Lipinski definition) is 5. The second kappa shape index (κ2) is 23.6. The standard InChI is InChI=1S/C59H75ClF3NO5Si2/c1-10-67-54(65)45(3)35-37-47-25-23-40-58(64(47)55(66)59(61,62)63)41-24-34-53(58)44(2)36-38-48(69-71(57(7,8)9,51-30-19-13-20-31-51)52-32-21-14-22-33-52)43-46(60)39-42-68-70(56(4,5)6,49-26-15-11-16-27-49)50-28-17-12-18-29-50/h11-22,26-33,35-36,38,43-44,47-48,53H,10,23-25,34,37,39-42H2,1-9H3/b38-36+,45-35+,46-43-/t44-,47+,48+,53+,58+/m0/s1. The van der Waals surface area contributed by atoms with Gasteiger partial charge in [0.2, 0.25) is 0 Å². The van der Waals surface area contributed by atoms with Crippen molar-refractivity contribution in [3.05, 3.63) is 156 Å². The molecular weight excluding hydrogens is 951 g/mol. The molecule has 382 valence electrons. The molecule has 6 nitrogen and oxygen atoms in total. The maximum Gasteiger partial charge on any atom is 0.471 e. The highest BCUT2D eigenvalue weighted by atomic mass is 35.5. The molecule has 6 rings (SSSR count). The highest BCUT2D eigenvalue weighted by Crippen LogP contribution is 2.53. The normalized spacial score (nSPS) is 20.6. The van der Waals surface area contributed by atoms with E-state index in [4.69, 9.17) is 25.2 Å². The lowest BCUT2D eigenvalue weighted by Crippen LogP contribution is -2.67. The van der Waals surface area contributed by atoms with Crippen molar-refractivity contribution >= 4 is 60.9 Å². The average molecular weight is 1030 g/mol. The molecule has 0 radical (unpaired) electrons. The third-order valence-electron chi connectivity index (χ3n) is 15.0. The van der Waals surface area contributed by atoms with Gasteiger partial charge in [0.05, 0.1) is 12.7 Å². The van der Waals surface area contributed by atoms with Crippen molar-refractivity contribution in [2.75, 3.05) is 13.2 Å². The lowest BCUT2D eigenvalue weighted by molar-refractivity contribution is -0.201. The molecule has 12 heteroatoms. The monoisotopic (exact) mass is 1030 g/mol. The first-order chi connectivity index (χ1) is 33.6. The quantitative estimate of drug-likeness (QED) is 0.0430. The van der Waals surface area contributed by atoms with Crippen molar-refractivity contribution in [2.45, 2.75) is 148 Å². The number of amides is 1. The van der Waals surface area contributed by atoms with Crippen LogP contribution in [0.25, 0.3) is 0 Å². The van der Waals surface area contributed by atoms with E-state index in [1.807, 2.05) is 60.7 Å². The van der Waals surface area contributed by atoms with Crippen LogP contribution in [-0.2, 0) is 23.2 Å². The van der Waals surface area contributed by atoms with E-state index in [0.29, 0.717) is 62.2 Å². The minimum absolute atomic E-state index is 0.128. The molecule has 1 heterocycles. The number of benzene rings is 4. The lowest BCUT2D eigenvalue weighted by Gasteiger charge is -2.54. The fourth-order valence-electron chi connectivity index (χ4n) is 11.8. The van der Waals surface area contributed by atoms with Crippen molar-refractivity contribution in [3.63, 3.8) is 0 Å². The van der Waals surface area contributed by atoms with E-state index in [-0.39, 0.29) is 34.9 Å². The Balaban J connectivity index is 1.41. The fourth-order valence-corrected chi connectivity index (χ4v) is 21.2. The number of likely N-dealkylation sites (tertiary alicyclic amines) is 1. The van der Waals surface area contributed by atoms with Crippen LogP contribution in [0.3, 0.4) is 0 Å². The summed E-state index contributed by atoms with van der Waals surface area (Å²) in [6, 6.07) is 41.1. The Bertz CT molecular complexity index is 2380. The number of esters is 1. The smallest absolute Gasteiger partial charge is 0.463 e. The Morgan fingerprint density at radius 2 is 1.21 bits per heavy atom. The Morgan fingerprint density at radius 1 is 0.746 bits per heavy atom. The highest BCUT2D eigenvalue weighted by Gasteiger charge is 2.59. The van der Waals surface area contributed by atoms with Gasteiger partial charge in [-0.05, 0) is 101 Å². The van der Waals surface area contributed by atoms with Crippen LogP contribution in [0.2, 0.25) is 10.1 Å². The summed E-state index contributed by atoms with van der Waals surface area (Å²) in [5.41, 5.74) is -0.705. The third kappa shape index (κ3) is 12.3. The number of nitrogens with zero attached hydrogens (tertiary/aromatic N) is 1. The maximum absolute atomic E-state index is 14.8. The molecule has 1 amide bonds. The molecule has 1 saturated carbocycles. The molecule has 4 aromatic carbocycles. The largest absolute Gasteiger partial charge is 0.471 e. The predicted octanol–water partition coefficient (Wildman–Crippen LogP) is 12.6. The summed E-state index contributed by atoms with van der Waals surface area (Å²) in [6.07, 6.45) is 5.94. The van der Waals surface area contributed by atoms with Crippen molar-refractivity contribution in [3.8, 4) is 0 Å². The van der Waals surface area contributed by atoms with E-state index in [1.165, 1.54) is 15.3 Å². The van der Waals surface area contributed by atoms with Gasteiger partial charge in [-0.1, -0.05) is 206 Å². The van der Waals surface area contributed by atoms with Crippen LogP contribution in [0, 0.1) is 11.8 Å². The van der Waals surface area contributed by atoms with Crippen LogP contribution in [0.5, 0.6) is 0 Å². The second-order valence-corrected chi connectivity index (χ2v) is 30.6. The average Bonchev–Trinajstić information content (AvgIpc) is 3.75. The third-order valence-corrected chi connectivity index (χ3v) is 25.3. The van der Waals surface area contributed by atoms with Gasteiger partial charge in [-0.15, -0.1) is 0 Å². The van der Waals surface area contributed by atoms with E-state index < -0.39 is 52.4 Å². The minimum Gasteiger partial charge on any atom is -0.463 e. The van der Waals surface area contributed by atoms with Crippen LogP contribution in [0.15, 0.2) is 156 Å². The summed E-state index contributed by atoms with van der Waals surface area (Å²) in [5, 5.41) is 4.53. The summed E-state index contributed by atoms with van der Waals surface area (Å²) in [7, 11) is -6.05. The Labute approximate surface area is 429 Å². The number of carbonyl (C=O) groups is 2. The van der Waals surface area contributed by atoms with Gasteiger partial charge in [0.15, 0.2) is 0 Å². The molecule has 5 atom stereocenters. The molecule has 71 heavy (non-hydrogen) atoms. The summed E-state index contributed by atoms with van der Waals surface area (Å²) in [4.78, 5) is 27.5. The summed E-state index contributed by atoms with van der Waals surface area (Å²) in [5.74, 6) is -2.83. The Morgan fingerprint density at radius 3 is 1.66 bits per heavy atom. The van der Waals surface area contributed by atoms with Gasteiger partial charge in [-0.2, -0.15) is 13.2 Å². The molecule has 2 fully saturated rings. The molecule has 2 aliphatic rings. The van der Waals surface area contributed by atoms with Crippen molar-refractivity contribution in [2.24, 2.45) is 11.8 Å². The van der Waals surface area contributed by atoms with E-state index >= 15 is 0 Å². The molecule has 0 bridgehead atoms. The van der Waals surface area contributed by atoms with Crippen molar-refractivity contribution in [1.82, 2.24) is 4.90 Å². The molecule has 0 N–H and O–H groups in total. The first kappa shape index (κ1) is 55.8. The Hall–Kier alpha value is -4.53. The van der Waals surface area contributed by atoms with Gasteiger partial charge in [0.1, 0.15) is 0 Å². The van der Waals surface area contributed by atoms with Gasteiger partial charge < -0.3 is 18.5 Å².